The molecule has 0 fully saturated rings. The number of hydrogen-bond acceptors (Lipinski definition) is 2. The van der Waals surface area contributed by atoms with E-state index in [1.54, 1.807) is 0 Å². The third-order valence-electron chi connectivity index (χ3n) is 3.21. The summed E-state index contributed by atoms with van der Waals surface area (Å²) < 4.78 is 3.04. The molecule has 0 radical (unpaired) electrons. The van der Waals surface area contributed by atoms with Crippen molar-refractivity contribution in [2.24, 2.45) is 0 Å². The number of rotatable bonds is 2. The van der Waals surface area contributed by atoms with Gasteiger partial charge in [0, 0.05) is 16.6 Å². The van der Waals surface area contributed by atoms with Crippen LogP contribution in [0.3, 0.4) is 0 Å². The standard InChI is InChI=1S/C15H13BrClN3/c1-2-15-19-12-8-10(18)4-6-14(12)20(15)13-5-3-9(16)7-11(13)17/h3-8H,2,18H2,1H3. The van der Waals surface area contributed by atoms with Crippen molar-refractivity contribution in [1.82, 2.24) is 9.55 Å². The molecular weight excluding hydrogens is 338 g/mol. The van der Waals surface area contributed by atoms with Gasteiger partial charge < -0.3 is 5.73 Å². The van der Waals surface area contributed by atoms with E-state index < -0.39 is 0 Å². The summed E-state index contributed by atoms with van der Waals surface area (Å²) in [6.45, 7) is 2.08. The monoisotopic (exact) mass is 349 g/mol. The molecule has 2 N–H and O–H groups in total. The molecule has 0 aliphatic carbocycles. The molecule has 0 aliphatic heterocycles. The van der Waals surface area contributed by atoms with E-state index >= 15 is 0 Å². The average Bonchev–Trinajstić information content (AvgIpc) is 2.76. The smallest absolute Gasteiger partial charge is 0.114 e. The van der Waals surface area contributed by atoms with Crippen molar-refractivity contribution in [3.05, 3.63) is 51.7 Å². The lowest BCUT2D eigenvalue weighted by molar-refractivity contribution is 0.908. The molecule has 0 aliphatic rings. The normalized spacial score (nSPS) is 11.2. The van der Waals surface area contributed by atoms with Crippen molar-refractivity contribution in [1.29, 1.82) is 0 Å². The first-order valence-corrected chi connectivity index (χ1v) is 7.49. The number of nitrogens with two attached hydrogens (primary N) is 1. The summed E-state index contributed by atoms with van der Waals surface area (Å²) in [5.41, 5.74) is 9.38. The van der Waals surface area contributed by atoms with Crippen LogP contribution in [0.15, 0.2) is 40.9 Å². The third kappa shape index (κ3) is 2.19. The largest absolute Gasteiger partial charge is 0.399 e. The summed E-state index contributed by atoms with van der Waals surface area (Å²) in [5.74, 6) is 0.967. The second kappa shape index (κ2) is 5.11. The predicted molar refractivity (Wildman–Crippen MR) is 87.6 cm³/mol. The lowest BCUT2D eigenvalue weighted by Crippen LogP contribution is -2.00. The molecule has 0 amide bonds. The van der Waals surface area contributed by atoms with E-state index in [9.17, 15) is 0 Å². The fourth-order valence-electron chi connectivity index (χ4n) is 2.32. The first kappa shape index (κ1) is 13.5. The van der Waals surface area contributed by atoms with Crippen molar-refractivity contribution < 1.29 is 0 Å². The number of anilines is 1. The molecule has 3 aromatic rings. The minimum atomic E-state index is 0.685. The number of hydrogen-bond donors (Lipinski definition) is 1. The van der Waals surface area contributed by atoms with Gasteiger partial charge in [-0.3, -0.25) is 4.57 Å². The Morgan fingerprint density at radius 1 is 1.25 bits per heavy atom. The van der Waals surface area contributed by atoms with Crippen LogP contribution in [0, 0.1) is 0 Å². The molecule has 3 nitrogen and oxygen atoms in total. The Balaban J connectivity index is 2.34. The highest BCUT2D eigenvalue weighted by Gasteiger charge is 2.13. The van der Waals surface area contributed by atoms with Gasteiger partial charge in [0.15, 0.2) is 0 Å². The number of halogens is 2. The van der Waals surface area contributed by atoms with Gasteiger partial charge in [0.1, 0.15) is 5.82 Å². The number of aromatic nitrogens is 2. The van der Waals surface area contributed by atoms with E-state index in [-0.39, 0.29) is 0 Å². The van der Waals surface area contributed by atoms with E-state index in [1.807, 2.05) is 36.4 Å². The minimum Gasteiger partial charge on any atom is -0.399 e. The van der Waals surface area contributed by atoms with E-state index in [2.05, 4.69) is 32.4 Å². The number of benzene rings is 2. The fraction of sp³-hybridized carbons (Fsp3) is 0.133. The van der Waals surface area contributed by atoms with Crippen LogP contribution >= 0.6 is 27.5 Å². The Morgan fingerprint density at radius 3 is 2.75 bits per heavy atom. The highest BCUT2D eigenvalue weighted by atomic mass is 79.9. The zero-order valence-corrected chi connectivity index (χ0v) is 13.2. The average molecular weight is 351 g/mol. The zero-order chi connectivity index (χ0) is 14.3. The van der Waals surface area contributed by atoms with Crippen LogP contribution in [-0.4, -0.2) is 9.55 Å². The molecule has 2 aromatic carbocycles. The molecule has 0 atom stereocenters. The molecule has 102 valence electrons. The van der Waals surface area contributed by atoms with Crippen LogP contribution in [0.5, 0.6) is 0 Å². The first-order chi connectivity index (χ1) is 9.60. The Labute approximate surface area is 130 Å². The number of aryl methyl sites for hydroxylation is 1. The Bertz CT molecular complexity index is 795. The molecule has 5 heteroatoms. The van der Waals surface area contributed by atoms with Gasteiger partial charge in [-0.05, 0) is 36.4 Å². The summed E-state index contributed by atoms with van der Waals surface area (Å²) in [5, 5.41) is 0.685. The van der Waals surface area contributed by atoms with Gasteiger partial charge >= 0.3 is 0 Å². The third-order valence-corrected chi connectivity index (χ3v) is 4.01. The van der Waals surface area contributed by atoms with E-state index in [4.69, 9.17) is 17.3 Å². The van der Waals surface area contributed by atoms with Crippen LogP contribution < -0.4 is 5.73 Å². The van der Waals surface area contributed by atoms with E-state index in [0.29, 0.717) is 10.7 Å². The van der Waals surface area contributed by atoms with Gasteiger partial charge in [0.05, 0.1) is 21.7 Å². The van der Waals surface area contributed by atoms with E-state index in [1.165, 1.54) is 0 Å². The lowest BCUT2D eigenvalue weighted by atomic mass is 10.2. The SMILES string of the molecule is CCc1nc2cc(N)ccc2n1-c1ccc(Br)cc1Cl. The van der Waals surface area contributed by atoms with Crippen molar-refractivity contribution in [3.63, 3.8) is 0 Å². The Kier molecular flexibility index (Phi) is 3.44. The summed E-state index contributed by atoms with van der Waals surface area (Å²) in [4.78, 5) is 4.64. The van der Waals surface area contributed by atoms with Gasteiger partial charge in [0.25, 0.3) is 0 Å². The van der Waals surface area contributed by atoms with Crippen LogP contribution in [0.1, 0.15) is 12.7 Å². The molecule has 1 heterocycles. The maximum Gasteiger partial charge on any atom is 0.114 e. The van der Waals surface area contributed by atoms with Crippen molar-refractivity contribution in [3.8, 4) is 5.69 Å². The van der Waals surface area contributed by atoms with Gasteiger partial charge in [-0.25, -0.2) is 4.98 Å². The van der Waals surface area contributed by atoms with Crippen molar-refractivity contribution in [2.45, 2.75) is 13.3 Å². The molecule has 1 aromatic heterocycles. The summed E-state index contributed by atoms with van der Waals surface area (Å²) in [6.07, 6.45) is 0.820. The number of fused-ring (bicyclic) bond motifs is 1. The van der Waals surface area contributed by atoms with Gasteiger partial charge in [-0.2, -0.15) is 0 Å². The highest BCUT2D eigenvalue weighted by molar-refractivity contribution is 9.10. The van der Waals surface area contributed by atoms with Crippen LogP contribution in [0.4, 0.5) is 5.69 Å². The number of nitrogens with zero attached hydrogens (tertiary/aromatic N) is 2. The summed E-state index contributed by atoms with van der Waals surface area (Å²) >= 11 is 9.81. The molecule has 0 saturated carbocycles. The topological polar surface area (TPSA) is 43.8 Å². The highest BCUT2D eigenvalue weighted by Crippen LogP contribution is 2.30. The van der Waals surface area contributed by atoms with Crippen LogP contribution in [-0.2, 0) is 6.42 Å². The Hall–Kier alpha value is -1.52. The maximum atomic E-state index is 6.38. The lowest BCUT2D eigenvalue weighted by Gasteiger charge is -2.10. The quantitative estimate of drug-likeness (QED) is 0.687. The predicted octanol–water partition coefficient (Wildman–Crippen LogP) is 4.59. The van der Waals surface area contributed by atoms with Crippen molar-refractivity contribution in [2.75, 3.05) is 5.73 Å². The minimum absolute atomic E-state index is 0.685. The van der Waals surface area contributed by atoms with Gasteiger partial charge in [-0.15, -0.1) is 0 Å². The van der Waals surface area contributed by atoms with Crippen molar-refractivity contribution >= 4 is 44.3 Å². The molecular formula is C15H13BrClN3. The molecule has 0 unspecified atom stereocenters. The summed E-state index contributed by atoms with van der Waals surface area (Å²) in [7, 11) is 0. The first-order valence-electron chi connectivity index (χ1n) is 6.32. The number of nitrogen functional groups attached to an aromatic ring is 1. The molecule has 0 spiro atoms. The second-order valence-corrected chi connectivity index (χ2v) is 5.88. The van der Waals surface area contributed by atoms with Gasteiger partial charge in [0.2, 0.25) is 0 Å². The van der Waals surface area contributed by atoms with Gasteiger partial charge in [-0.1, -0.05) is 34.5 Å². The van der Waals surface area contributed by atoms with Crippen LogP contribution in [0.25, 0.3) is 16.7 Å². The maximum absolute atomic E-state index is 6.38. The number of imidazole rings is 1. The summed E-state index contributed by atoms with van der Waals surface area (Å²) in [6, 6.07) is 11.6. The molecule has 0 bridgehead atoms. The molecule has 3 rings (SSSR count). The van der Waals surface area contributed by atoms with Crippen LogP contribution in [0.2, 0.25) is 5.02 Å². The van der Waals surface area contributed by atoms with E-state index in [0.717, 1.165) is 33.4 Å². The zero-order valence-electron chi connectivity index (χ0n) is 10.9. The Morgan fingerprint density at radius 2 is 2.05 bits per heavy atom. The fourth-order valence-corrected chi connectivity index (χ4v) is 3.07. The molecule has 0 saturated heterocycles. The molecule has 20 heavy (non-hydrogen) atoms. The second-order valence-electron chi connectivity index (χ2n) is 4.56.